The molecule has 2 N–H and O–H groups in total. The molecule has 76 valence electrons. The van der Waals surface area contributed by atoms with E-state index in [1.165, 1.54) is 32.1 Å². The van der Waals surface area contributed by atoms with Crippen LogP contribution in [0.15, 0.2) is 12.2 Å². The minimum Gasteiger partial charge on any atom is -0.330 e. The second kappa shape index (κ2) is 11.4. The summed E-state index contributed by atoms with van der Waals surface area (Å²) in [5.74, 6) is 0. The molecular formula is C11H21NO. The summed E-state index contributed by atoms with van der Waals surface area (Å²) in [6, 6.07) is 0. The highest BCUT2D eigenvalue weighted by Gasteiger charge is 1.88. The zero-order valence-corrected chi connectivity index (χ0v) is 8.37. The first-order valence-corrected chi connectivity index (χ1v) is 5.22. The molecule has 0 aliphatic carbocycles. The van der Waals surface area contributed by atoms with E-state index >= 15 is 0 Å². The largest absolute Gasteiger partial charge is 0.330 e. The van der Waals surface area contributed by atoms with Crippen molar-refractivity contribution in [3.05, 3.63) is 12.2 Å². The molecule has 0 atom stereocenters. The van der Waals surface area contributed by atoms with Crippen LogP contribution in [0.4, 0.5) is 0 Å². The highest BCUT2D eigenvalue weighted by atomic mass is 16.1. The standard InChI is InChI=1S/C11H21NO/c12-10-8-6-4-2-1-3-5-7-9-11-13/h7,9,11H,1-6,8,10,12H2. The molecule has 0 bridgehead atoms. The fourth-order valence-corrected chi connectivity index (χ4v) is 1.27. The van der Waals surface area contributed by atoms with Crippen molar-refractivity contribution in [3.8, 4) is 0 Å². The molecule has 0 aromatic rings. The Hall–Kier alpha value is -0.630. The van der Waals surface area contributed by atoms with Gasteiger partial charge in [0.1, 0.15) is 6.29 Å². The molecule has 0 heterocycles. The summed E-state index contributed by atoms with van der Waals surface area (Å²) < 4.78 is 0. The van der Waals surface area contributed by atoms with Crippen molar-refractivity contribution in [3.63, 3.8) is 0 Å². The molecule has 0 aromatic carbocycles. The predicted molar refractivity (Wildman–Crippen MR) is 56.6 cm³/mol. The van der Waals surface area contributed by atoms with E-state index in [2.05, 4.69) is 0 Å². The van der Waals surface area contributed by atoms with E-state index in [1.54, 1.807) is 6.08 Å². The summed E-state index contributed by atoms with van der Waals surface area (Å²) >= 11 is 0. The van der Waals surface area contributed by atoms with Crippen LogP contribution in [0.1, 0.15) is 44.9 Å². The quantitative estimate of drug-likeness (QED) is 0.339. The highest BCUT2D eigenvalue weighted by Crippen LogP contribution is 2.06. The summed E-state index contributed by atoms with van der Waals surface area (Å²) in [6.07, 6.45) is 12.9. The SMILES string of the molecule is NCCCCCCCCC=CC=O. The van der Waals surface area contributed by atoms with Gasteiger partial charge in [-0.2, -0.15) is 0 Å². The molecule has 0 saturated heterocycles. The molecule has 0 unspecified atom stereocenters. The lowest BCUT2D eigenvalue weighted by Gasteiger charge is -1.98. The van der Waals surface area contributed by atoms with E-state index < -0.39 is 0 Å². The van der Waals surface area contributed by atoms with Crippen molar-refractivity contribution in [2.24, 2.45) is 5.73 Å². The van der Waals surface area contributed by atoms with Crippen LogP contribution in [-0.2, 0) is 4.79 Å². The van der Waals surface area contributed by atoms with Gasteiger partial charge in [-0.15, -0.1) is 0 Å². The molecule has 0 aliphatic heterocycles. The lowest BCUT2D eigenvalue weighted by atomic mass is 10.1. The second-order valence-corrected chi connectivity index (χ2v) is 3.26. The van der Waals surface area contributed by atoms with Gasteiger partial charge in [0.05, 0.1) is 0 Å². The number of hydrogen-bond acceptors (Lipinski definition) is 2. The Kier molecular flexibility index (Phi) is 10.8. The van der Waals surface area contributed by atoms with Gasteiger partial charge in [0, 0.05) is 0 Å². The van der Waals surface area contributed by atoms with E-state index in [1.807, 2.05) is 6.08 Å². The number of carbonyl (C=O) groups is 1. The minimum atomic E-state index is 0.822. The fourth-order valence-electron chi connectivity index (χ4n) is 1.27. The van der Waals surface area contributed by atoms with Gasteiger partial charge in [0.15, 0.2) is 0 Å². The molecular weight excluding hydrogens is 162 g/mol. The van der Waals surface area contributed by atoms with Crippen LogP contribution in [-0.4, -0.2) is 12.8 Å². The topological polar surface area (TPSA) is 43.1 Å². The average molecular weight is 183 g/mol. The van der Waals surface area contributed by atoms with Gasteiger partial charge < -0.3 is 5.73 Å². The van der Waals surface area contributed by atoms with Crippen molar-refractivity contribution in [2.75, 3.05) is 6.54 Å². The van der Waals surface area contributed by atoms with E-state index in [0.717, 1.165) is 25.7 Å². The molecule has 0 spiro atoms. The van der Waals surface area contributed by atoms with Crippen LogP contribution in [0.2, 0.25) is 0 Å². The Labute approximate surface area is 81.2 Å². The third kappa shape index (κ3) is 11.4. The lowest BCUT2D eigenvalue weighted by Crippen LogP contribution is -1.97. The van der Waals surface area contributed by atoms with Crippen LogP contribution in [0.25, 0.3) is 0 Å². The first-order chi connectivity index (χ1) is 6.41. The van der Waals surface area contributed by atoms with Crippen LogP contribution in [0.5, 0.6) is 0 Å². The van der Waals surface area contributed by atoms with Gasteiger partial charge in [-0.25, -0.2) is 0 Å². The van der Waals surface area contributed by atoms with Crippen LogP contribution >= 0.6 is 0 Å². The summed E-state index contributed by atoms with van der Waals surface area (Å²) in [4.78, 5) is 9.91. The van der Waals surface area contributed by atoms with E-state index in [0.29, 0.717) is 0 Å². The smallest absolute Gasteiger partial charge is 0.142 e. The Morgan fingerprint density at radius 3 is 2.15 bits per heavy atom. The number of allylic oxidation sites excluding steroid dienone is 2. The van der Waals surface area contributed by atoms with Crippen molar-refractivity contribution < 1.29 is 4.79 Å². The highest BCUT2D eigenvalue weighted by molar-refractivity contribution is 5.64. The predicted octanol–water partition coefficient (Wildman–Crippen LogP) is 2.43. The molecule has 0 rings (SSSR count). The zero-order valence-electron chi connectivity index (χ0n) is 8.37. The normalized spacial score (nSPS) is 10.8. The second-order valence-electron chi connectivity index (χ2n) is 3.26. The molecule has 0 fully saturated rings. The summed E-state index contributed by atoms with van der Waals surface area (Å²) in [5.41, 5.74) is 5.38. The summed E-state index contributed by atoms with van der Waals surface area (Å²) in [6.45, 7) is 0.822. The van der Waals surface area contributed by atoms with Crippen molar-refractivity contribution >= 4 is 6.29 Å². The fraction of sp³-hybridized carbons (Fsp3) is 0.727. The van der Waals surface area contributed by atoms with Crippen LogP contribution in [0, 0.1) is 0 Å². The van der Waals surface area contributed by atoms with Crippen LogP contribution < -0.4 is 5.73 Å². The maximum atomic E-state index is 9.91. The number of hydrogen-bond donors (Lipinski definition) is 1. The van der Waals surface area contributed by atoms with Gasteiger partial charge in [-0.1, -0.05) is 31.8 Å². The number of carbonyl (C=O) groups excluding carboxylic acids is 1. The monoisotopic (exact) mass is 183 g/mol. The van der Waals surface area contributed by atoms with Gasteiger partial charge in [0.25, 0.3) is 0 Å². The first kappa shape index (κ1) is 12.4. The molecule has 0 aliphatic rings. The van der Waals surface area contributed by atoms with E-state index in [4.69, 9.17) is 5.73 Å². The molecule has 0 aromatic heterocycles. The molecule has 13 heavy (non-hydrogen) atoms. The van der Waals surface area contributed by atoms with E-state index in [9.17, 15) is 4.79 Å². The molecule has 0 saturated carbocycles. The Balaban J connectivity index is 2.91. The molecule has 2 heteroatoms. The van der Waals surface area contributed by atoms with Gasteiger partial charge in [-0.3, -0.25) is 4.79 Å². The molecule has 2 nitrogen and oxygen atoms in total. The number of aldehydes is 1. The van der Waals surface area contributed by atoms with Crippen LogP contribution in [0.3, 0.4) is 0 Å². The maximum Gasteiger partial charge on any atom is 0.142 e. The first-order valence-electron chi connectivity index (χ1n) is 5.22. The van der Waals surface area contributed by atoms with Crippen molar-refractivity contribution in [2.45, 2.75) is 44.9 Å². The molecule has 0 amide bonds. The Morgan fingerprint density at radius 2 is 1.54 bits per heavy atom. The van der Waals surface area contributed by atoms with Gasteiger partial charge in [-0.05, 0) is 31.9 Å². The Morgan fingerprint density at radius 1 is 0.923 bits per heavy atom. The third-order valence-corrected chi connectivity index (χ3v) is 2.04. The third-order valence-electron chi connectivity index (χ3n) is 2.04. The number of unbranched alkanes of at least 4 members (excludes halogenated alkanes) is 6. The van der Waals surface area contributed by atoms with Gasteiger partial charge in [0.2, 0.25) is 0 Å². The Bertz CT molecular complexity index is 132. The maximum absolute atomic E-state index is 9.91. The van der Waals surface area contributed by atoms with Crippen molar-refractivity contribution in [1.29, 1.82) is 0 Å². The summed E-state index contributed by atoms with van der Waals surface area (Å²) in [7, 11) is 0. The molecule has 0 radical (unpaired) electrons. The minimum absolute atomic E-state index is 0.822. The average Bonchev–Trinajstić information content (AvgIpc) is 2.16. The van der Waals surface area contributed by atoms with Gasteiger partial charge >= 0.3 is 0 Å². The lowest BCUT2D eigenvalue weighted by molar-refractivity contribution is -0.104. The van der Waals surface area contributed by atoms with Crippen molar-refractivity contribution in [1.82, 2.24) is 0 Å². The summed E-state index contributed by atoms with van der Waals surface area (Å²) in [5, 5.41) is 0. The number of rotatable bonds is 9. The number of nitrogens with two attached hydrogens (primary N) is 1. The zero-order chi connectivity index (χ0) is 9.78. The van der Waals surface area contributed by atoms with E-state index in [-0.39, 0.29) is 0 Å².